The number of aliphatic hydroxyl groups is 1. The number of rotatable bonds is 4. The third-order valence-electron chi connectivity index (χ3n) is 1.67. The molecule has 1 aromatic rings. The number of hydrogen-bond acceptors (Lipinski definition) is 4. The average Bonchev–Trinajstić information content (AvgIpc) is 2.51. The van der Waals surface area contributed by atoms with Gasteiger partial charge in [-0.15, -0.1) is 11.3 Å². The standard InChI is InChI=1S/C8H13BrN2OS/c1-11(3-7(10)4-12)8-2-6(9)5-13-8/h2,5,7,12H,3-4,10H2,1H3. The van der Waals surface area contributed by atoms with Crippen molar-refractivity contribution in [3.63, 3.8) is 0 Å². The number of halogens is 1. The lowest BCUT2D eigenvalue weighted by molar-refractivity contribution is 0.267. The van der Waals surface area contributed by atoms with Crippen LogP contribution in [0.25, 0.3) is 0 Å². The highest BCUT2D eigenvalue weighted by atomic mass is 79.9. The molecule has 74 valence electrons. The molecule has 0 radical (unpaired) electrons. The quantitative estimate of drug-likeness (QED) is 0.861. The van der Waals surface area contributed by atoms with Gasteiger partial charge in [-0.3, -0.25) is 0 Å². The average molecular weight is 265 g/mol. The van der Waals surface area contributed by atoms with E-state index in [4.69, 9.17) is 10.8 Å². The van der Waals surface area contributed by atoms with Crippen LogP contribution in [0.1, 0.15) is 0 Å². The van der Waals surface area contributed by atoms with E-state index >= 15 is 0 Å². The first-order valence-electron chi connectivity index (χ1n) is 3.95. The van der Waals surface area contributed by atoms with Crippen molar-refractivity contribution in [3.8, 4) is 0 Å². The van der Waals surface area contributed by atoms with Gasteiger partial charge < -0.3 is 15.7 Å². The first-order chi connectivity index (χ1) is 6.13. The summed E-state index contributed by atoms with van der Waals surface area (Å²) in [4.78, 5) is 2.04. The molecule has 3 nitrogen and oxygen atoms in total. The first kappa shape index (κ1) is 11.0. The highest BCUT2D eigenvalue weighted by Gasteiger charge is 2.07. The molecule has 1 heterocycles. The Morgan fingerprint density at radius 3 is 2.92 bits per heavy atom. The summed E-state index contributed by atoms with van der Waals surface area (Å²) < 4.78 is 1.08. The first-order valence-corrected chi connectivity index (χ1v) is 5.62. The number of hydrogen-bond donors (Lipinski definition) is 2. The van der Waals surface area contributed by atoms with Crippen LogP contribution >= 0.6 is 27.3 Å². The van der Waals surface area contributed by atoms with Gasteiger partial charge in [-0.05, 0) is 22.0 Å². The van der Waals surface area contributed by atoms with E-state index in [1.54, 1.807) is 11.3 Å². The molecule has 0 spiro atoms. The molecule has 0 aliphatic carbocycles. The van der Waals surface area contributed by atoms with Crippen molar-refractivity contribution in [2.45, 2.75) is 6.04 Å². The molecule has 0 aromatic carbocycles. The summed E-state index contributed by atoms with van der Waals surface area (Å²) in [6, 6.07) is 1.86. The Kier molecular flexibility index (Phi) is 4.18. The van der Waals surface area contributed by atoms with Crippen molar-refractivity contribution >= 4 is 32.3 Å². The Balaban J connectivity index is 2.53. The van der Waals surface area contributed by atoms with Gasteiger partial charge in [0.2, 0.25) is 0 Å². The molecule has 1 rings (SSSR count). The third-order valence-corrected chi connectivity index (χ3v) is 3.48. The minimum atomic E-state index is -0.175. The fraction of sp³-hybridized carbons (Fsp3) is 0.500. The molecule has 13 heavy (non-hydrogen) atoms. The summed E-state index contributed by atoms with van der Waals surface area (Å²) >= 11 is 5.04. The molecule has 1 atom stereocenters. The largest absolute Gasteiger partial charge is 0.395 e. The summed E-state index contributed by atoms with van der Waals surface area (Å²) in [6.07, 6.45) is 0. The minimum Gasteiger partial charge on any atom is -0.395 e. The van der Waals surface area contributed by atoms with E-state index in [2.05, 4.69) is 15.9 Å². The van der Waals surface area contributed by atoms with E-state index in [0.29, 0.717) is 6.54 Å². The van der Waals surface area contributed by atoms with Crippen LogP contribution in [0.2, 0.25) is 0 Å². The molecule has 0 fully saturated rings. The van der Waals surface area contributed by atoms with Crippen molar-refractivity contribution in [2.75, 3.05) is 25.1 Å². The minimum absolute atomic E-state index is 0.0247. The number of nitrogens with zero attached hydrogens (tertiary/aromatic N) is 1. The van der Waals surface area contributed by atoms with Crippen molar-refractivity contribution in [1.82, 2.24) is 0 Å². The molecule has 0 amide bonds. The van der Waals surface area contributed by atoms with Crippen molar-refractivity contribution < 1.29 is 5.11 Å². The summed E-state index contributed by atoms with van der Waals surface area (Å²) in [6.45, 7) is 0.695. The maximum Gasteiger partial charge on any atom is 0.0918 e. The Morgan fingerprint density at radius 2 is 2.46 bits per heavy atom. The van der Waals surface area contributed by atoms with Gasteiger partial charge in [-0.1, -0.05) is 0 Å². The Morgan fingerprint density at radius 1 is 1.77 bits per heavy atom. The fourth-order valence-electron chi connectivity index (χ4n) is 1.00. The van der Waals surface area contributed by atoms with Crippen LogP contribution in [0.15, 0.2) is 15.9 Å². The van der Waals surface area contributed by atoms with Gasteiger partial charge in [0.1, 0.15) is 0 Å². The van der Waals surface area contributed by atoms with E-state index in [-0.39, 0.29) is 12.6 Å². The topological polar surface area (TPSA) is 49.5 Å². The number of thiophene rings is 1. The van der Waals surface area contributed by atoms with Gasteiger partial charge >= 0.3 is 0 Å². The summed E-state index contributed by atoms with van der Waals surface area (Å²) in [5.74, 6) is 0. The van der Waals surface area contributed by atoms with Crippen LogP contribution < -0.4 is 10.6 Å². The highest BCUT2D eigenvalue weighted by molar-refractivity contribution is 9.10. The van der Waals surface area contributed by atoms with Crippen LogP contribution in [0.3, 0.4) is 0 Å². The predicted molar refractivity (Wildman–Crippen MR) is 60.4 cm³/mol. The highest BCUT2D eigenvalue weighted by Crippen LogP contribution is 2.27. The number of aliphatic hydroxyl groups excluding tert-OH is 1. The van der Waals surface area contributed by atoms with E-state index in [1.807, 2.05) is 23.4 Å². The molecular formula is C8H13BrN2OS. The van der Waals surface area contributed by atoms with Gasteiger partial charge in [0.15, 0.2) is 0 Å². The fourth-order valence-corrected chi connectivity index (χ4v) is 2.40. The lowest BCUT2D eigenvalue weighted by atomic mass is 10.3. The van der Waals surface area contributed by atoms with Crippen LogP contribution in [0.4, 0.5) is 5.00 Å². The molecule has 1 unspecified atom stereocenters. The van der Waals surface area contributed by atoms with Gasteiger partial charge in [-0.25, -0.2) is 0 Å². The van der Waals surface area contributed by atoms with Crippen LogP contribution in [0.5, 0.6) is 0 Å². The zero-order chi connectivity index (χ0) is 9.84. The Bertz CT molecular complexity index is 266. The maximum absolute atomic E-state index is 8.78. The van der Waals surface area contributed by atoms with E-state index in [0.717, 1.165) is 9.47 Å². The molecule has 0 aliphatic rings. The lowest BCUT2D eigenvalue weighted by Gasteiger charge is -2.20. The molecule has 0 bridgehead atoms. The van der Waals surface area contributed by atoms with Crippen molar-refractivity contribution in [3.05, 3.63) is 15.9 Å². The number of nitrogens with two attached hydrogens (primary N) is 1. The second kappa shape index (κ2) is 4.95. The SMILES string of the molecule is CN(CC(N)CO)c1cc(Br)cs1. The molecular weight excluding hydrogens is 252 g/mol. The van der Waals surface area contributed by atoms with Crippen molar-refractivity contribution in [2.24, 2.45) is 5.73 Å². The van der Waals surface area contributed by atoms with Gasteiger partial charge in [0.05, 0.1) is 11.6 Å². The summed E-state index contributed by atoms with van der Waals surface area (Å²) in [5, 5.41) is 12.0. The second-order valence-corrected chi connectivity index (χ2v) is 4.73. The normalized spacial score (nSPS) is 12.9. The van der Waals surface area contributed by atoms with Gasteiger partial charge in [0.25, 0.3) is 0 Å². The Labute approximate surface area is 90.3 Å². The van der Waals surface area contributed by atoms with Crippen LogP contribution in [0, 0.1) is 0 Å². The van der Waals surface area contributed by atoms with Crippen molar-refractivity contribution in [1.29, 1.82) is 0 Å². The van der Waals surface area contributed by atoms with E-state index in [1.165, 1.54) is 0 Å². The van der Waals surface area contributed by atoms with Crippen LogP contribution in [-0.4, -0.2) is 31.3 Å². The second-order valence-electron chi connectivity index (χ2n) is 2.93. The number of likely N-dealkylation sites (N-methyl/N-ethyl adjacent to an activating group) is 1. The van der Waals surface area contributed by atoms with Gasteiger partial charge in [-0.2, -0.15) is 0 Å². The van der Waals surface area contributed by atoms with Crippen LogP contribution in [-0.2, 0) is 0 Å². The molecule has 5 heteroatoms. The monoisotopic (exact) mass is 264 g/mol. The third kappa shape index (κ3) is 3.27. The predicted octanol–water partition coefficient (Wildman–Crippen LogP) is 1.27. The summed E-state index contributed by atoms with van der Waals surface area (Å²) in [7, 11) is 1.97. The zero-order valence-electron chi connectivity index (χ0n) is 7.40. The molecule has 3 N–H and O–H groups in total. The maximum atomic E-state index is 8.78. The smallest absolute Gasteiger partial charge is 0.0918 e. The molecule has 0 saturated heterocycles. The van der Waals surface area contributed by atoms with E-state index in [9.17, 15) is 0 Å². The zero-order valence-corrected chi connectivity index (χ0v) is 9.81. The molecule has 0 saturated carbocycles. The van der Waals surface area contributed by atoms with E-state index < -0.39 is 0 Å². The molecule has 0 aliphatic heterocycles. The number of anilines is 1. The van der Waals surface area contributed by atoms with Gasteiger partial charge in [0, 0.05) is 29.5 Å². The lowest BCUT2D eigenvalue weighted by Crippen LogP contribution is -2.37. The Hall–Kier alpha value is -0.100. The molecule has 1 aromatic heterocycles. The summed E-state index contributed by atoms with van der Waals surface area (Å²) in [5.41, 5.74) is 5.62.